The van der Waals surface area contributed by atoms with E-state index in [1.807, 2.05) is 30.9 Å². The van der Waals surface area contributed by atoms with Crippen LogP contribution in [-0.4, -0.2) is 95.8 Å². The number of anilines is 4. The summed E-state index contributed by atoms with van der Waals surface area (Å²) >= 11 is 1.22. The lowest BCUT2D eigenvalue weighted by atomic mass is 9.39. The molecule has 318 valence electrons. The molecule has 14 nitrogen and oxygen atoms in total. The molecule has 0 spiro atoms. The third-order valence-electron chi connectivity index (χ3n) is 13.4. The lowest BCUT2D eigenvalue weighted by molar-refractivity contribution is -0.247. The maximum Gasteiger partial charge on any atom is 0.355 e. The number of ether oxygens (including phenoxy) is 1. The quantitative estimate of drug-likeness (QED) is 0.0674. The van der Waals surface area contributed by atoms with Gasteiger partial charge in [-0.15, -0.1) is 10.2 Å². The summed E-state index contributed by atoms with van der Waals surface area (Å²) in [5, 5.41) is 50.5. The van der Waals surface area contributed by atoms with Gasteiger partial charge in [0.15, 0.2) is 22.5 Å². The number of benzene rings is 1. The van der Waals surface area contributed by atoms with Crippen molar-refractivity contribution in [3.05, 3.63) is 64.9 Å². The van der Waals surface area contributed by atoms with E-state index in [9.17, 15) is 19.4 Å². The van der Waals surface area contributed by atoms with Gasteiger partial charge in [0.1, 0.15) is 11.6 Å². The first-order chi connectivity index (χ1) is 28.7. The van der Waals surface area contributed by atoms with E-state index in [0.29, 0.717) is 71.0 Å². The molecule has 4 aromatic heterocycles. The fourth-order valence-electron chi connectivity index (χ4n) is 12.1. The predicted octanol–water partition coefficient (Wildman–Crippen LogP) is 7.10. The third kappa shape index (κ3) is 7.54. The molecule has 2 unspecified atom stereocenters. The van der Waals surface area contributed by atoms with Gasteiger partial charge in [-0.05, 0) is 119 Å². The number of aromatic carboxylic acids is 1. The fourth-order valence-corrected chi connectivity index (χ4v) is 13.0. The van der Waals surface area contributed by atoms with Gasteiger partial charge in [0.25, 0.3) is 0 Å². The topological polar surface area (TPSA) is 184 Å². The smallest absolute Gasteiger partial charge is 0.355 e. The van der Waals surface area contributed by atoms with Gasteiger partial charge in [0.2, 0.25) is 0 Å². The van der Waals surface area contributed by atoms with Crippen LogP contribution in [0.1, 0.15) is 92.5 Å². The average molecular weight is 840 g/mol. The second kappa shape index (κ2) is 15.4. The zero-order valence-electron chi connectivity index (χ0n) is 34.7. The number of aliphatic hydroxyl groups excluding tert-OH is 2. The molecule has 0 radical (unpaired) electrons. The van der Waals surface area contributed by atoms with Crippen molar-refractivity contribution in [1.29, 1.82) is 0 Å². The summed E-state index contributed by atoms with van der Waals surface area (Å²) in [6.07, 6.45) is 9.58. The molecule has 3 atom stereocenters. The number of carboxylic acid groups (broad SMARTS) is 1. The number of carbonyl (C=O) groups is 1. The number of nitrogens with zero attached hydrogens (tertiary/aromatic N) is 7. The van der Waals surface area contributed by atoms with Crippen molar-refractivity contribution >= 4 is 50.1 Å². The molecule has 10 rings (SSSR count). The molecule has 4 fully saturated rings. The number of aromatic nitrogens is 6. The number of fused-ring (bicyclic) bond motifs is 2. The Kier molecular flexibility index (Phi) is 10.5. The first-order valence-corrected chi connectivity index (χ1v) is 21.9. The summed E-state index contributed by atoms with van der Waals surface area (Å²) < 4.78 is 23.8. The zero-order chi connectivity index (χ0) is 42.0. The first-order valence-electron chi connectivity index (χ1n) is 21.1. The fraction of sp³-hybridized carbons (Fsp3) is 0.545. The van der Waals surface area contributed by atoms with Gasteiger partial charge < -0.3 is 35.6 Å². The Morgan fingerprint density at radius 2 is 1.82 bits per heavy atom. The molecule has 5 N–H and O–H groups in total. The molecule has 1 aliphatic heterocycles. The minimum Gasteiger partial charge on any atom is -0.476 e. The van der Waals surface area contributed by atoms with Gasteiger partial charge >= 0.3 is 5.97 Å². The monoisotopic (exact) mass is 839 g/mol. The van der Waals surface area contributed by atoms with Crippen molar-refractivity contribution in [2.45, 2.75) is 104 Å². The van der Waals surface area contributed by atoms with Crippen molar-refractivity contribution in [2.24, 2.45) is 16.2 Å². The van der Waals surface area contributed by atoms with Gasteiger partial charge in [-0.2, -0.15) is 5.10 Å². The van der Waals surface area contributed by atoms with Crippen LogP contribution in [0.25, 0.3) is 21.3 Å². The van der Waals surface area contributed by atoms with Crippen molar-refractivity contribution < 1.29 is 29.2 Å². The molecule has 4 saturated carbocycles. The minimum absolute atomic E-state index is 0.00872. The highest BCUT2D eigenvalue weighted by molar-refractivity contribution is 7.22. The van der Waals surface area contributed by atoms with Crippen molar-refractivity contribution in [2.75, 3.05) is 43.1 Å². The summed E-state index contributed by atoms with van der Waals surface area (Å²) in [6.45, 7) is 11.8. The van der Waals surface area contributed by atoms with Crippen molar-refractivity contribution in [1.82, 2.24) is 35.3 Å². The number of hydrogen-bond donors (Lipinski definition) is 5. The number of halogens is 1. The van der Waals surface area contributed by atoms with Crippen molar-refractivity contribution in [3.8, 4) is 11.1 Å². The van der Waals surface area contributed by atoms with Gasteiger partial charge in [0.05, 0.1) is 41.3 Å². The number of rotatable bonds is 15. The molecule has 4 aliphatic carbocycles. The van der Waals surface area contributed by atoms with Crippen LogP contribution in [0.15, 0.2) is 36.5 Å². The molecule has 0 amide bonds. The molecule has 5 heterocycles. The van der Waals surface area contributed by atoms with Gasteiger partial charge in [0, 0.05) is 47.6 Å². The predicted molar refractivity (Wildman–Crippen MR) is 228 cm³/mol. The Hall–Kier alpha value is -4.61. The Labute approximate surface area is 352 Å². The van der Waals surface area contributed by atoms with Gasteiger partial charge in [-0.3, -0.25) is 4.68 Å². The largest absolute Gasteiger partial charge is 0.476 e. The maximum atomic E-state index is 14.4. The number of carboxylic acids is 1. The normalized spacial score (nSPS) is 26.1. The van der Waals surface area contributed by atoms with Crippen LogP contribution >= 0.6 is 11.3 Å². The molecular weight excluding hydrogens is 786 g/mol. The summed E-state index contributed by atoms with van der Waals surface area (Å²) in [7, 11) is 0. The number of thiazole rings is 1. The van der Waals surface area contributed by atoms with Crippen LogP contribution in [0.3, 0.4) is 0 Å². The lowest BCUT2D eigenvalue weighted by Crippen LogP contribution is -2.64. The SMILES string of the molecule is Cc1c(Nc2nc3cccc(F)c3s2)nnc2c1CCCN2c1ccc(-c2cnn(CC34CC5(C)CC(C)(C3)CC(OCCNCC[C@H](O)CO)(C5)C4)c2C)c(C(=O)O)n1. The lowest BCUT2D eigenvalue weighted by Gasteiger charge is -2.69. The Morgan fingerprint density at radius 3 is 2.57 bits per heavy atom. The summed E-state index contributed by atoms with van der Waals surface area (Å²) in [6, 6.07) is 8.53. The van der Waals surface area contributed by atoms with Crippen LogP contribution in [0.4, 0.5) is 27.0 Å². The summed E-state index contributed by atoms with van der Waals surface area (Å²) in [4.78, 5) is 24.2. The van der Waals surface area contributed by atoms with Crippen molar-refractivity contribution in [3.63, 3.8) is 0 Å². The number of hydrogen-bond acceptors (Lipinski definition) is 13. The maximum absolute atomic E-state index is 14.4. The number of pyridine rings is 1. The van der Waals surface area contributed by atoms with Crippen LogP contribution in [0.2, 0.25) is 0 Å². The highest BCUT2D eigenvalue weighted by Crippen LogP contribution is 2.72. The minimum atomic E-state index is -1.12. The van der Waals surface area contributed by atoms with E-state index in [-0.39, 0.29) is 40.0 Å². The molecular formula is C44H54FN9O5S. The standard InChI is InChI=1S/C44H54FN9O5S/c1-26-29-7-6-15-53(38(29)52-51-37(26)50-40-48-33-9-5-8-32(45)36(33)60-40)34-11-10-30(35(49-34)39(57)58)31-17-47-54(27(31)2)25-43-20-41(3)19-42(4,21-43)23-44(22-41,24-43)59-16-14-46-13-12-28(56)18-55/h5,8-11,17,28,46,55-56H,6-7,12-16,18-25H2,1-4H3,(H,57,58)(H,48,50,51)/t28-,41?,42?,43?,44?/m0/s1. The molecule has 60 heavy (non-hydrogen) atoms. The number of nitrogens with one attached hydrogen (secondary N) is 2. The summed E-state index contributed by atoms with van der Waals surface area (Å²) in [5.41, 5.74) is 4.68. The van der Waals surface area contributed by atoms with Crippen LogP contribution < -0.4 is 15.5 Å². The highest BCUT2D eigenvalue weighted by atomic mass is 32.1. The zero-order valence-corrected chi connectivity index (χ0v) is 35.5. The van der Waals surface area contributed by atoms with E-state index >= 15 is 0 Å². The summed E-state index contributed by atoms with van der Waals surface area (Å²) in [5.74, 6) is 0.218. The molecule has 5 aromatic rings. The molecule has 4 bridgehead atoms. The van der Waals surface area contributed by atoms with E-state index in [4.69, 9.17) is 19.9 Å². The Morgan fingerprint density at radius 1 is 1.02 bits per heavy atom. The van der Waals surface area contributed by atoms with E-state index in [0.717, 1.165) is 73.9 Å². The second-order valence-corrected chi connectivity index (χ2v) is 19.7. The number of aliphatic hydroxyl groups is 2. The van der Waals surface area contributed by atoms with Crippen LogP contribution in [0, 0.1) is 35.9 Å². The first kappa shape index (κ1) is 40.8. The highest BCUT2D eigenvalue weighted by Gasteiger charge is 2.66. The van der Waals surface area contributed by atoms with Gasteiger partial charge in [-0.25, -0.2) is 19.2 Å². The van der Waals surface area contributed by atoms with E-state index < -0.39 is 12.1 Å². The van der Waals surface area contributed by atoms with E-state index in [2.05, 4.69) is 44.3 Å². The molecule has 1 aromatic carbocycles. The molecule has 16 heteroatoms. The van der Waals surface area contributed by atoms with E-state index in [1.54, 1.807) is 18.3 Å². The molecule has 0 saturated heterocycles. The average Bonchev–Trinajstić information content (AvgIpc) is 3.78. The van der Waals surface area contributed by atoms with Gasteiger partial charge in [-0.1, -0.05) is 31.3 Å². The Balaban J connectivity index is 0.941. The molecule has 5 aliphatic rings. The third-order valence-corrected chi connectivity index (χ3v) is 14.4. The van der Waals surface area contributed by atoms with Crippen LogP contribution in [0.5, 0.6) is 0 Å². The van der Waals surface area contributed by atoms with Crippen LogP contribution in [-0.2, 0) is 17.7 Å². The Bertz CT molecular complexity index is 2440. The second-order valence-electron chi connectivity index (χ2n) is 18.7. The van der Waals surface area contributed by atoms with E-state index in [1.165, 1.54) is 23.8 Å².